The van der Waals surface area contributed by atoms with Gasteiger partial charge >= 0.3 is 5.82 Å². The van der Waals surface area contributed by atoms with Crippen LogP contribution in [0.3, 0.4) is 0 Å². The molecule has 4 rings (SSSR count). The van der Waals surface area contributed by atoms with Gasteiger partial charge in [-0.2, -0.15) is 4.57 Å². The highest BCUT2D eigenvalue weighted by molar-refractivity contribution is 6.31. The minimum atomic E-state index is 0.561. The van der Waals surface area contributed by atoms with Gasteiger partial charge in [0.25, 0.3) is 0 Å². The standard InChI is InChI=1S/C16H13Cl2N4/c1-10-4-6-21-13(7-10)19-16(15(21)18)22-9-12(17)20-5-3-11(2)8-14(20)22/h3-9H,1-2H3/q+1. The molecular weight excluding hydrogens is 319 g/mol. The molecule has 0 saturated carbocycles. The lowest BCUT2D eigenvalue weighted by atomic mass is 10.3. The molecule has 0 radical (unpaired) electrons. The maximum Gasteiger partial charge on any atom is 0.306 e. The lowest BCUT2D eigenvalue weighted by Gasteiger charge is -1.96. The SMILES string of the molecule is Cc1ccn2c(Cl)c(-[n+]3cc(Cl)n4ccc(C)cc43)nc2c1. The van der Waals surface area contributed by atoms with Crippen LogP contribution in [0, 0.1) is 13.8 Å². The maximum atomic E-state index is 6.52. The van der Waals surface area contributed by atoms with Crippen LogP contribution >= 0.6 is 23.2 Å². The number of aryl methyl sites for hydroxylation is 2. The normalized spacial score (nSPS) is 11.6. The predicted octanol–water partition coefficient (Wildman–Crippen LogP) is 3.79. The van der Waals surface area contributed by atoms with E-state index in [2.05, 4.69) is 11.1 Å². The third-order valence-electron chi connectivity index (χ3n) is 3.74. The monoisotopic (exact) mass is 331 g/mol. The second kappa shape index (κ2) is 4.73. The molecule has 4 heterocycles. The first kappa shape index (κ1) is 13.6. The number of hydrogen-bond donors (Lipinski definition) is 0. The van der Waals surface area contributed by atoms with Crippen molar-refractivity contribution in [3.05, 3.63) is 64.3 Å². The summed E-state index contributed by atoms with van der Waals surface area (Å²) in [5, 5.41) is 1.17. The Hall–Kier alpha value is -2.04. The van der Waals surface area contributed by atoms with E-state index in [9.17, 15) is 0 Å². The number of aromatic nitrogens is 4. The van der Waals surface area contributed by atoms with Crippen LogP contribution in [0.1, 0.15) is 11.1 Å². The summed E-state index contributed by atoms with van der Waals surface area (Å²) in [6, 6.07) is 8.07. The van der Waals surface area contributed by atoms with Gasteiger partial charge in [-0.05, 0) is 48.7 Å². The highest BCUT2D eigenvalue weighted by Crippen LogP contribution is 2.22. The minimum absolute atomic E-state index is 0.561. The third-order valence-corrected chi connectivity index (χ3v) is 4.37. The molecule has 0 N–H and O–H groups in total. The average Bonchev–Trinajstić information content (AvgIpc) is 2.96. The van der Waals surface area contributed by atoms with Crippen molar-refractivity contribution in [3.63, 3.8) is 0 Å². The summed E-state index contributed by atoms with van der Waals surface area (Å²) in [7, 11) is 0. The van der Waals surface area contributed by atoms with Gasteiger partial charge in [-0.15, -0.1) is 0 Å². The van der Waals surface area contributed by atoms with Gasteiger partial charge in [0.15, 0.2) is 5.15 Å². The molecule has 0 amide bonds. The van der Waals surface area contributed by atoms with Crippen LogP contribution in [0.15, 0.2) is 42.9 Å². The zero-order valence-corrected chi connectivity index (χ0v) is 13.6. The lowest BCUT2D eigenvalue weighted by Crippen LogP contribution is -2.30. The zero-order chi connectivity index (χ0) is 15.4. The molecule has 0 spiro atoms. The van der Waals surface area contributed by atoms with Crippen LogP contribution in [0.4, 0.5) is 0 Å². The van der Waals surface area contributed by atoms with Crippen molar-refractivity contribution >= 4 is 34.5 Å². The number of fused-ring (bicyclic) bond motifs is 2. The second-order valence-electron chi connectivity index (χ2n) is 5.41. The van der Waals surface area contributed by atoms with Crippen LogP contribution in [0.5, 0.6) is 0 Å². The molecule has 0 bridgehead atoms. The van der Waals surface area contributed by atoms with Gasteiger partial charge in [-0.25, -0.2) is 4.40 Å². The van der Waals surface area contributed by atoms with Crippen LogP contribution in [-0.4, -0.2) is 13.8 Å². The first-order valence-corrected chi connectivity index (χ1v) is 7.63. The molecule has 110 valence electrons. The van der Waals surface area contributed by atoms with E-state index in [0.29, 0.717) is 16.1 Å². The summed E-state index contributed by atoms with van der Waals surface area (Å²) in [4.78, 5) is 4.66. The Labute approximate surface area is 137 Å². The van der Waals surface area contributed by atoms with E-state index in [1.54, 1.807) is 0 Å². The van der Waals surface area contributed by atoms with Crippen molar-refractivity contribution in [3.8, 4) is 5.82 Å². The van der Waals surface area contributed by atoms with Crippen LogP contribution < -0.4 is 4.57 Å². The molecule has 0 fully saturated rings. The van der Waals surface area contributed by atoms with Gasteiger partial charge in [0.05, 0.1) is 6.20 Å². The molecule has 4 nitrogen and oxygen atoms in total. The van der Waals surface area contributed by atoms with Crippen molar-refractivity contribution < 1.29 is 4.57 Å². The number of nitrogens with zero attached hydrogens (tertiary/aromatic N) is 4. The zero-order valence-electron chi connectivity index (χ0n) is 12.1. The van der Waals surface area contributed by atoms with Crippen LogP contribution in [-0.2, 0) is 0 Å². The topological polar surface area (TPSA) is 25.6 Å². The van der Waals surface area contributed by atoms with Gasteiger partial charge in [-0.1, -0.05) is 16.6 Å². The fraction of sp³-hybridized carbons (Fsp3) is 0.125. The Morgan fingerprint density at radius 2 is 1.68 bits per heavy atom. The molecule has 0 unspecified atom stereocenters. The predicted molar refractivity (Wildman–Crippen MR) is 87.2 cm³/mol. The molecule has 4 aromatic rings. The first-order valence-electron chi connectivity index (χ1n) is 6.88. The summed E-state index contributed by atoms with van der Waals surface area (Å²) in [6.07, 6.45) is 5.70. The summed E-state index contributed by atoms with van der Waals surface area (Å²) >= 11 is 12.8. The fourth-order valence-electron chi connectivity index (χ4n) is 2.62. The maximum absolute atomic E-state index is 6.52. The Kier molecular flexibility index (Phi) is 2.93. The molecule has 0 aliphatic rings. The molecule has 4 aromatic heterocycles. The first-order chi connectivity index (χ1) is 10.5. The van der Waals surface area contributed by atoms with Gasteiger partial charge in [0, 0.05) is 18.3 Å². The fourth-order valence-corrected chi connectivity index (χ4v) is 3.13. The van der Waals surface area contributed by atoms with E-state index < -0.39 is 0 Å². The van der Waals surface area contributed by atoms with E-state index in [0.717, 1.165) is 22.4 Å². The lowest BCUT2D eigenvalue weighted by molar-refractivity contribution is -0.570. The smallest absolute Gasteiger partial charge is 0.272 e. The second-order valence-corrected chi connectivity index (χ2v) is 6.16. The molecular formula is C16H13Cl2N4+. The number of rotatable bonds is 1. The number of hydrogen-bond acceptors (Lipinski definition) is 1. The van der Waals surface area contributed by atoms with Gasteiger partial charge < -0.3 is 0 Å². The Balaban J connectivity index is 2.07. The number of imidazole rings is 2. The molecule has 6 heteroatoms. The summed E-state index contributed by atoms with van der Waals surface area (Å²) in [6.45, 7) is 4.07. The number of pyridine rings is 2. The van der Waals surface area contributed by atoms with E-state index >= 15 is 0 Å². The van der Waals surface area contributed by atoms with Crippen molar-refractivity contribution in [2.24, 2.45) is 0 Å². The highest BCUT2D eigenvalue weighted by Gasteiger charge is 2.23. The Bertz CT molecular complexity index is 1030. The van der Waals surface area contributed by atoms with Crippen LogP contribution in [0.25, 0.3) is 17.1 Å². The molecule has 0 aliphatic heterocycles. The van der Waals surface area contributed by atoms with Gasteiger partial charge in [0.1, 0.15) is 6.20 Å². The average molecular weight is 332 g/mol. The third kappa shape index (κ3) is 1.91. The highest BCUT2D eigenvalue weighted by atomic mass is 35.5. The summed E-state index contributed by atoms with van der Waals surface area (Å²) < 4.78 is 5.68. The molecule has 0 aromatic carbocycles. The Morgan fingerprint density at radius 3 is 2.45 bits per heavy atom. The molecule has 0 saturated heterocycles. The van der Waals surface area contributed by atoms with E-state index in [1.807, 2.05) is 64.0 Å². The van der Waals surface area contributed by atoms with E-state index in [4.69, 9.17) is 23.2 Å². The minimum Gasteiger partial charge on any atom is -0.272 e. The van der Waals surface area contributed by atoms with E-state index in [1.165, 1.54) is 0 Å². The van der Waals surface area contributed by atoms with Crippen molar-refractivity contribution in [2.75, 3.05) is 0 Å². The van der Waals surface area contributed by atoms with Gasteiger partial charge in [0.2, 0.25) is 16.4 Å². The van der Waals surface area contributed by atoms with E-state index in [-0.39, 0.29) is 0 Å². The van der Waals surface area contributed by atoms with Crippen LogP contribution in [0.2, 0.25) is 10.3 Å². The molecule has 0 atom stereocenters. The largest absolute Gasteiger partial charge is 0.306 e. The summed E-state index contributed by atoms with van der Waals surface area (Å²) in [5.41, 5.74) is 4.02. The quantitative estimate of drug-likeness (QED) is 0.487. The van der Waals surface area contributed by atoms with Crippen molar-refractivity contribution in [1.29, 1.82) is 0 Å². The Morgan fingerprint density at radius 1 is 1.00 bits per heavy atom. The number of halogens is 2. The van der Waals surface area contributed by atoms with Crippen molar-refractivity contribution in [2.45, 2.75) is 13.8 Å². The molecule has 0 aliphatic carbocycles. The van der Waals surface area contributed by atoms with Crippen molar-refractivity contribution in [1.82, 2.24) is 13.8 Å². The van der Waals surface area contributed by atoms with Gasteiger partial charge in [-0.3, -0.25) is 4.40 Å². The molecule has 22 heavy (non-hydrogen) atoms. The summed E-state index contributed by atoms with van der Waals surface area (Å²) in [5.74, 6) is 0.669.